The van der Waals surface area contributed by atoms with Crippen molar-refractivity contribution in [1.82, 2.24) is 0 Å². The highest BCUT2D eigenvalue weighted by molar-refractivity contribution is 5.51. The lowest BCUT2D eigenvalue weighted by molar-refractivity contribution is -0.941. The van der Waals surface area contributed by atoms with Crippen LogP contribution in [0.4, 0.5) is 0 Å². The standard InChI is InChI=1S/C21H36N/c1-5-9-16-22(17-10-6-2,18-11-7-3)19-21-15-13-12-14-20(21)8-4/h8,12-15H,4-7,9-11,16-19H2,1-3H3/q+1. The Bertz CT molecular complexity index is 400. The fraction of sp³-hybridized carbons (Fsp3) is 0.619. The molecule has 0 saturated heterocycles. The van der Waals surface area contributed by atoms with E-state index in [1.165, 1.54) is 80.3 Å². The average molecular weight is 303 g/mol. The molecule has 0 aromatic heterocycles. The minimum atomic E-state index is 1.17. The van der Waals surface area contributed by atoms with Crippen molar-refractivity contribution in [2.75, 3.05) is 19.6 Å². The summed E-state index contributed by atoms with van der Waals surface area (Å²) in [6.07, 6.45) is 9.91. The summed E-state index contributed by atoms with van der Waals surface area (Å²) in [5, 5.41) is 0. The van der Waals surface area contributed by atoms with Gasteiger partial charge in [0.25, 0.3) is 0 Å². The first-order valence-electron chi connectivity index (χ1n) is 9.26. The quantitative estimate of drug-likeness (QED) is 0.412. The Morgan fingerprint density at radius 2 is 1.36 bits per heavy atom. The topological polar surface area (TPSA) is 0 Å². The summed E-state index contributed by atoms with van der Waals surface area (Å²) in [5.74, 6) is 0. The van der Waals surface area contributed by atoms with Crippen LogP contribution in [0.25, 0.3) is 6.08 Å². The van der Waals surface area contributed by atoms with E-state index in [0.717, 1.165) is 0 Å². The van der Waals surface area contributed by atoms with Crippen LogP contribution in [0.2, 0.25) is 0 Å². The molecule has 0 saturated carbocycles. The number of unbranched alkanes of at least 4 members (excludes halogenated alkanes) is 3. The van der Waals surface area contributed by atoms with Crippen molar-refractivity contribution < 1.29 is 4.48 Å². The van der Waals surface area contributed by atoms with Crippen molar-refractivity contribution in [3.05, 3.63) is 42.0 Å². The predicted octanol–water partition coefficient (Wildman–Crippen LogP) is 6.05. The first kappa shape index (κ1) is 19.0. The molecule has 0 spiro atoms. The van der Waals surface area contributed by atoms with Gasteiger partial charge in [0.05, 0.1) is 19.6 Å². The molecule has 0 N–H and O–H groups in total. The van der Waals surface area contributed by atoms with E-state index in [0.29, 0.717) is 0 Å². The molecule has 0 amide bonds. The predicted molar refractivity (Wildman–Crippen MR) is 99.8 cm³/mol. The van der Waals surface area contributed by atoms with Gasteiger partial charge in [-0.1, -0.05) is 77.0 Å². The van der Waals surface area contributed by atoms with Crippen molar-refractivity contribution in [2.24, 2.45) is 0 Å². The van der Waals surface area contributed by atoms with E-state index in [2.05, 4.69) is 51.6 Å². The van der Waals surface area contributed by atoms with Crippen molar-refractivity contribution in [3.63, 3.8) is 0 Å². The van der Waals surface area contributed by atoms with E-state index in [9.17, 15) is 0 Å². The summed E-state index contributed by atoms with van der Waals surface area (Å²) in [7, 11) is 0. The zero-order valence-corrected chi connectivity index (χ0v) is 15.1. The van der Waals surface area contributed by atoms with E-state index < -0.39 is 0 Å². The van der Waals surface area contributed by atoms with E-state index in [1.807, 2.05) is 6.08 Å². The van der Waals surface area contributed by atoms with Gasteiger partial charge in [-0.2, -0.15) is 0 Å². The second-order valence-electron chi connectivity index (χ2n) is 6.63. The molecule has 0 radical (unpaired) electrons. The van der Waals surface area contributed by atoms with Crippen molar-refractivity contribution in [2.45, 2.75) is 65.8 Å². The number of hydrogen-bond acceptors (Lipinski definition) is 0. The van der Waals surface area contributed by atoms with Crippen molar-refractivity contribution >= 4 is 6.08 Å². The third-order valence-corrected chi connectivity index (χ3v) is 4.74. The monoisotopic (exact) mass is 302 g/mol. The molecule has 0 bridgehead atoms. The number of benzene rings is 1. The molecule has 124 valence electrons. The zero-order valence-electron chi connectivity index (χ0n) is 15.1. The first-order valence-corrected chi connectivity index (χ1v) is 9.26. The van der Waals surface area contributed by atoms with Gasteiger partial charge in [-0.15, -0.1) is 0 Å². The van der Waals surface area contributed by atoms with Gasteiger partial charge in [0.15, 0.2) is 0 Å². The molecular weight excluding hydrogens is 266 g/mol. The highest BCUT2D eigenvalue weighted by atomic mass is 15.3. The van der Waals surface area contributed by atoms with Crippen LogP contribution in [0.5, 0.6) is 0 Å². The molecule has 0 aliphatic heterocycles. The molecule has 1 nitrogen and oxygen atoms in total. The molecule has 1 aromatic carbocycles. The molecule has 1 heteroatoms. The van der Waals surface area contributed by atoms with E-state index in [4.69, 9.17) is 0 Å². The Hall–Kier alpha value is -1.08. The van der Waals surface area contributed by atoms with Crippen molar-refractivity contribution in [3.8, 4) is 0 Å². The minimum absolute atomic E-state index is 1.17. The SMILES string of the molecule is C=Cc1ccccc1C[N+](CCCC)(CCCC)CCCC. The maximum absolute atomic E-state index is 4.00. The van der Waals surface area contributed by atoms with E-state index in [1.54, 1.807) is 0 Å². The Morgan fingerprint density at radius 1 is 0.864 bits per heavy atom. The molecule has 1 rings (SSSR count). The lowest BCUT2D eigenvalue weighted by Gasteiger charge is -2.39. The van der Waals surface area contributed by atoms with Crippen LogP contribution in [-0.2, 0) is 6.54 Å². The molecule has 22 heavy (non-hydrogen) atoms. The largest absolute Gasteiger partial charge is 0.320 e. The van der Waals surface area contributed by atoms with Crippen LogP contribution in [0.1, 0.15) is 70.4 Å². The zero-order chi connectivity index (χ0) is 16.3. The van der Waals surface area contributed by atoms with Gasteiger partial charge in [-0.05, 0) is 24.8 Å². The Labute approximate surface area is 138 Å². The van der Waals surface area contributed by atoms with Crippen LogP contribution < -0.4 is 0 Å². The number of rotatable bonds is 12. The van der Waals surface area contributed by atoms with Gasteiger partial charge in [0, 0.05) is 5.56 Å². The molecule has 0 atom stereocenters. The highest BCUT2D eigenvalue weighted by Gasteiger charge is 2.26. The first-order chi connectivity index (χ1) is 10.7. The summed E-state index contributed by atoms with van der Waals surface area (Å²) in [5.41, 5.74) is 2.79. The molecule has 1 aromatic rings. The maximum Gasteiger partial charge on any atom is 0.105 e. The fourth-order valence-electron chi connectivity index (χ4n) is 3.29. The average Bonchev–Trinajstić information content (AvgIpc) is 2.56. The summed E-state index contributed by atoms with van der Waals surface area (Å²) in [4.78, 5) is 0. The molecule has 0 unspecified atom stereocenters. The fourth-order valence-corrected chi connectivity index (χ4v) is 3.29. The smallest absolute Gasteiger partial charge is 0.105 e. The Kier molecular flexibility index (Phi) is 9.15. The van der Waals surface area contributed by atoms with Crippen LogP contribution in [0.15, 0.2) is 30.8 Å². The summed E-state index contributed by atoms with van der Waals surface area (Å²) in [6.45, 7) is 16.1. The highest BCUT2D eigenvalue weighted by Crippen LogP contribution is 2.22. The lowest BCUT2D eigenvalue weighted by atomic mass is 10.0. The van der Waals surface area contributed by atoms with Crippen LogP contribution >= 0.6 is 0 Å². The lowest BCUT2D eigenvalue weighted by Crippen LogP contribution is -2.49. The van der Waals surface area contributed by atoms with Gasteiger partial charge >= 0.3 is 0 Å². The van der Waals surface area contributed by atoms with Crippen LogP contribution in [0.3, 0.4) is 0 Å². The third kappa shape index (κ3) is 5.96. The molecule has 0 aliphatic carbocycles. The minimum Gasteiger partial charge on any atom is -0.320 e. The number of quaternary nitrogens is 1. The van der Waals surface area contributed by atoms with Crippen LogP contribution in [-0.4, -0.2) is 24.1 Å². The molecular formula is C21H36N+. The maximum atomic E-state index is 4.00. The van der Waals surface area contributed by atoms with Gasteiger partial charge in [0.2, 0.25) is 0 Å². The molecule has 0 fully saturated rings. The summed E-state index contributed by atoms with van der Waals surface area (Å²) >= 11 is 0. The van der Waals surface area contributed by atoms with Gasteiger partial charge in [-0.3, -0.25) is 0 Å². The number of nitrogens with zero attached hydrogens (tertiary/aromatic N) is 1. The third-order valence-electron chi connectivity index (χ3n) is 4.74. The van der Waals surface area contributed by atoms with Gasteiger partial charge in [0.1, 0.15) is 6.54 Å². The second kappa shape index (κ2) is 10.6. The Morgan fingerprint density at radius 3 is 1.82 bits per heavy atom. The summed E-state index contributed by atoms with van der Waals surface area (Å²) in [6, 6.07) is 8.81. The van der Waals surface area contributed by atoms with Gasteiger partial charge < -0.3 is 4.48 Å². The molecule has 0 heterocycles. The van der Waals surface area contributed by atoms with E-state index >= 15 is 0 Å². The van der Waals surface area contributed by atoms with Crippen molar-refractivity contribution in [1.29, 1.82) is 0 Å². The van der Waals surface area contributed by atoms with E-state index in [-0.39, 0.29) is 0 Å². The normalized spacial score (nSPS) is 11.6. The summed E-state index contributed by atoms with van der Waals surface area (Å²) < 4.78 is 1.26. The molecule has 0 aliphatic rings. The number of hydrogen-bond donors (Lipinski definition) is 0. The Balaban J connectivity index is 3.00. The van der Waals surface area contributed by atoms with Crippen LogP contribution in [0, 0.1) is 0 Å². The van der Waals surface area contributed by atoms with Gasteiger partial charge in [-0.25, -0.2) is 0 Å². The second-order valence-corrected chi connectivity index (χ2v) is 6.63.